The first-order valence-electron chi connectivity index (χ1n) is 11.1. The van der Waals surface area contributed by atoms with E-state index in [1.807, 2.05) is 12.1 Å². The lowest BCUT2D eigenvalue weighted by atomic mass is 9.96. The Kier molecular flexibility index (Phi) is 5.75. The third-order valence-electron chi connectivity index (χ3n) is 6.38. The molecule has 34 heavy (non-hydrogen) atoms. The van der Waals surface area contributed by atoms with E-state index >= 15 is 0 Å². The predicted molar refractivity (Wildman–Crippen MR) is 123 cm³/mol. The van der Waals surface area contributed by atoms with E-state index in [2.05, 4.69) is 32.3 Å². The molecule has 0 bridgehead atoms. The maximum atomic E-state index is 13.0. The van der Waals surface area contributed by atoms with Gasteiger partial charge in [-0.3, -0.25) is 24.5 Å². The summed E-state index contributed by atoms with van der Waals surface area (Å²) in [5.74, 6) is 5.31. The first kappa shape index (κ1) is 22.0. The van der Waals surface area contributed by atoms with Crippen molar-refractivity contribution < 1.29 is 19.2 Å². The Morgan fingerprint density at radius 2 is 1.94 bits per heavy atom. The number of nitrogens with one attached hydrogen (secondary N) is 1. The Morgan fingerprint density at radius 3 is 2.65 bits per heavy atom. The summed E-state index contributed by atoms with van der Waals surface area (Å²) in [4.78, 5) is 51.6. The van der Waals surface area contributed by atoms with Crippen LogP contribution in [0.1, 0.15) is 57.0 Å². The van der Waals surface area contributed by atoms with Crippen molar-refractivity contribution >= 4 is 40.1 Å². The number of imide groups is 1. The third-order valence-corrected chi connectivity index (χ3v) is 7.38. The fourth-order valence-corrected chi connectivity index (χ4v) is 5.29. The van der Waals surface area contributed by atoms with E-state index in [0.29, 0.717) is 23.7 Å². The van der Waals surface area contributed by atoms with Crippen LogP contribution in [0.25, 0.3) is 0 Å². The monoisotopic (exact) mass is 478 g/mol. The standard InChI is InChI=1S/C23H22N6O4S/c24-19(31)21-26-27-23(34-21)28-10-8-13(9-11-28)4-5-14-2-1-3-15-16(14)12-29(22(15)33)17-6-7-18(30)25-20(17)32/h1-3,13,17H,6-12H2,(H2,24,31)(H,25,30,32). The summed E-state index contributed by atoms with van der Waals surface area (Å²) in [5.41, 5.74) is 7.44. The Labute approximate surface area is 199 Å². The number of hydrogen-bond donors (Lipinski definition) is 2. The molecule has 4 heterocycles. The summed E-state index contributed by atoms with van der Waals surface area (Å²) < 4.78 is 0. The number of benzene rings is 1. The third kappa shape index (κ3) is 4.12. The number of anilines is 1. The van der Waals surface area contributed by atoms with Crippen LogP contribution in [0.15, 0.2) is 18.2 Å². The van der Waals surface area contributed by atoms with E-state index < -0.39 is 17.9 Å². The molecule has 2 aromatic rings. The first-order chi connectivity index (χ1) is 16.4. The number of fused-ring (bicyclic) bond motifs is 1. The molecule has 1 unspecified atom stereocenters. The minimum Gasteiger partial charge on any atom is -0.363 e. The zero-order chi connectivity index (χ0) is 23.8. The molecule has 1 atom stereocenters. The quantitative estimate of drug-likeness (QED) is 0.488. The van der Waals surface area contributed by atoms with Gasteiger partial charge in [-0.15, -0.1) is 10.2 Å². The van der Waals surface area contributed by atoms with Crippen molar-refractivity contribution in [2.45, 2.75) is 38.3 Å². The van der Waals surface area contributed by atoms with Crippen molar-refractivity contribution in [3.8, 4) is 11.8 Å². The summed E-state index contributed by atoms with van der Waals surface area (Å²) in [5, 5.41) is 11.1. The van der Waals surface area contributed by atoms with Crippen molar-refractivity contribution in [3.63, 3.8) is 0 Å². The molecule has 1 aromatic heterocycles. The maximum absolute atomic E-state index is 13.0. The average Bonchev–Trinajstić information content (AvgIpc) is 3.44. The Balaban J connectivity index is 1.26. The molecule has 3 aliphatic heterocycles. The van der Waals surface area contributed by atoms with Crippen LogP contribution in [0.4, 0.5) is 5.13 Å². The highest BCUT2D eigenvalue weighted by atomic mass is 32.1. The molecule has 0 saturated carbocycles. The van der Waals surface area contributed by atoms with Gasteiger partial charge in [0.25, 0.3) is 11.8 Å². The van der Waals surface area contributed by atoms with Crippen LogP contribution in [0, 0.1) is 17.8 Å². The molecular weight excluding hydrogens is 456 g/mol. The Bertz CT molecular complexity index is 1250. The molecule has 0 aliphatic carbocycles. The van der Waals surface area contributed by atoms with E-state index in [4.69, 9.17) is 5.73 Å². The van der Waals surface area contributed by atoms with Gasteiger partial charge in [-0.05, 0) is 37.0 Å². The Morgan fingerprint density at radius 1 is 1.15 bits per heavy atom. The number of nitrogens with two attached hydrogens (primary N) is 1. The number of hydrogen-bond acceptors (Lipinski definition) is 8. The number of nitrogens with zero attached hydrogens (tertiary/aromatic N) is 4. The number of piperidine rings is 2. The number of carbonyl (C=O) groups is 4. The fourth-order valence-electron chi connectivity index (χ4n) is 4.54. The number of aromatic nitrogens is 2. The number of rotatable bonds is 3. The molecule has 11 heteroatoms. The maximum Gasteiger partial charge on any atom is 0.279 e. The number of amides is 4. The van der Waals surface area contributed by atoms with Gasteiger partial charge in [-0.25, -0.2) is 0 Å². The SMILES string of the molecule is NC(=O)c1nnc(N2CCC(C#Cc3cccc4c3CN(C3CCC(=O)NC3=O)C4=O)CC2)s1. The van der Waals surface area contributed by atoms with Crippen LogP contribution >= 0.6 is 11.3 Å². The van der Waals surface area contributed by atoms with E-state index in [9.17, 15) is 19.2 Å². The molecule has 0 spiro atoms. The molecular formula is C23H22N6O4S. The van der Waals surface area contributed by atoms with Gasteiger partial charge in [0.1, 0.15) is 6.04 Å². The smallest absolute Gasteiger partial charge is 0.279 e. The Hall–Kier alpha value is -3.78. The summed E-state index contributed by atoms with van der Waals surface area (Å²) >= 11 is 1.19. The number of carbonyl (C=O) groups excluding carboxylic acids is 4. The molecule has 2 fully saturated rings. The van der Waals surface area contributed by atoms with Crippen molar-refractivity contribution in [1.29, 1.82) is 0 Å². The fraction of sp³-hybridized carbons (Fsp3) is 0.391. The molecule has 3 N–H and O–H groups in total. The van der Waals surface area contributed by atoms with Gasteiger partial charge in [0.2, 0.25) is 22.0 Å². The predicted octanol–water partition coefficient (Wildman–Crippen LogP) is 0.666. The molecule has 174 valence electrons. The summed E-state index contributed by atoms with van der Waals surface area (Å²) in [6, 6.07) is 4.83. The summed E-state index contributed by atoms with van der Waals surface area (Å²) in [6.45, 7) is 1.81. The van der Waals surface area contributed by atoms with Crippen molar-refractivity contribution in [3.05, 3.63) is 39.9 Å². The van der Waals surface area contributed by atoms with Crippen molar-refractivity contribution in [2.24, 2.45) is 11.7 Å². The zero-order valence-electron chi connectivity index (χ0n) is 18.2. The molecule has 1 aromatic carbocycles. The van der Waals surface area contributed by atoms with Crippen LogP contribution in [0.5, 0.6) is 0 Å². The second kappa shape index (κ2) is 8.87. The van der Waals surface area contributed by atoms with Crippen LogP contribution in [-0.4, -0.2) is 57.9 Å². The molecule has 5 rings (SSSR count). The van der Waals surface area contributed by atoms with Crippen molar-refractivity contribution in [2.75, 3.05) is 18.0 Å². The number of primary amides is 1. The van der Waals surface area contributed by atoms with E-state index in [1.54, 1.807) is 11.0 Å². The molecule has 10 nitrogen and oxygen atoms in total. The van der Waals surface area contributed by atoms with Crippen molar-refractivity contribution in [1.82, 2.24) is 20.4 Å². The minimum absolute atomic E-state index is 0.194. The van der Waals surface area contributed by atoms with Gasteiger partial charge in [0.15, 0.2) is 0 Å². The topological polar surface area (TPSA) is 139 Å². The van der Waals surface area contributed by atoms with Gasteiger partial charge in [-0.2, -0.15) is 0 Å². The molecule has 0 radical (unpaired) electrons. The van der Waals surface area contributed by atoms with Gasteiger partial charge < -0.3 is 15.5 Å². The average molecular weight is 479 g/mol. The second-order valence-electron chi connectivity index (χ2n) is 8.52. The molecule has 2 saturated heterocycles. The largest absolute Gasteiger partial charge is 0.363 e. The lowest BCUT2D eigenvalue weighted by Gasteiger charge is -2.29. The van der Waals surface area contributed by atoms with Gasteiger partial charge in [-0.1, -0.05) is 29.2 Å². The molecule has 3 aliphatic rings. The van der Waals surface area contributed by atoms with Crippen LogP contribution in [-0.2, 0) is 16.1 Å². The van der Waals surface area contributed by atoms with Gasteiger partial charge in [0.05, 0.1) is 0 Å². The summed E-state index contributed by atoms with van der Waals surface area (Å²) in [7, 11) is 0. The first-order valence-corrected chi connectivity index (χ1v) is 11.9. The van der Waals surface area contributed by atoms with Crippen LogP contribution in [0.2, 0.25) is 0 Å². The summed E-state index contributed by atoms with van der Waals surface area (Å²) in [6.07, 6.45) is 2.24. The van der Waals surface area contributed by atoms with Crippen LogP contribution < -0.4 is 16.0 Å². The highest BCUT2D eigenvalue weighted by Crippen LogP contribution is 2.30. The van der Waals surface area contributed by atoms with E-state index in [0.717, 1.165) is 37.1 Å². The molecule has 4 amide bonds. The van der Waals surface area contributed by atoms with Crippen LogP contribution in [0.3, 0.4) is 0 Å². The van der Waals surface area contributed by atoms with Gasteiger partial charge in [0, 0.05) is 43.1 Å². The second-order valence-corrected chi connectivity index (χ2v) is 9.47. The lowest BCUT2D eigenvalue weighted by molar-refractivity contribution is -0.136. The van der Waals surface area contributed by atoms with E-state index in [1.165, 1.54) is 11.3 Å². The minimum atomic E-state index is -0.641. The normalized spacial score (nSPS) is 20.6. The van der Waals surface area contributed by atoms with E-state index in [-0.39, 0.29) is 29.2 Å². The zero-order valence-corrected chi connectivity index (χ0v) is 19.1. The lowest BCUT2D eigenvalue weighted by Crippen LogP contribution is -2.52. The highest BCUT2D eigenvalue weighted by Gasteiger charge is 2.39. The highest BCUT2D eigenvalue weighted by molar-refractivity contribution is 7.17. The van der Waals surface area contributed by atoms with Gasteiger partial charge >= 0.3 is 0 Å².